The first-order valence-corrected chi connectivity index (χ1v) is 5.86. The number of hydrogen-bond acceptors (Lipinski definition) is 3. The molecule has 1 unspecified atom stereocenters. The Labute approximate surface area is 92.2 Å². The van der Waals surface area contributed by atoms with Crippen LogP contribution in [0.25, 0.3) is 0 Å². The highest BCUT2D eigenvalue weighted by Gasteiger charge is 2.25. The third kappa shape index (κ3) is 5.55. The van der Waals surface area contributed by atoms with Crippen LogP contribution in [0.15, 0.2) is 0 Å². The van der Waals surface area contributed by atoms with Crippen molar-refractivity contribution in [3.05, 3.63) is 0 Å². The monoisotopic (exact) mass is 214 g/mol. The molecule has 0 aliphatic heterocycles. The molecule has 0 aromatic heterocycles. The average Bonchev–Trinajstić information content (AvgIpc) is 2.22. The van der Waals surface area contributed by atoms with Crippen molar-refractivity contribution in [2.24, 2.45) is 5.92 Å². The van der Waals surface area contributed by atoms with E-state index in [0.29, 0.717) is 19.4 Å². The van der Waals surface area contributed by atoms with Gasteiger partial charge in [-0.25, -0.2) is 0 Å². The van der Waals surface area contributed by atoms with Crippen molar-refractivity contribution in [2.45, 2.75) is 52.9 Å². The summed E-state index contributed by atoms with van der Waals surface area (Å²) >= 11 is 0. The third-order valence-electron chi connectivity index (χ3n) is 2.20. The van der Waals surface area contributed by atoms with Crippen molar-refractivity contribution < 1.29 is 14.3 Å². The zero-order valence-corrected chi connectivity index (χ0v) is 10.0. The summed E-state index contributed by atoms with van der Waals surface area (Å²) in [4.78, 5) is 23.2. The van der Waals surface area contributed by atoms with E-state index in [-0.39, 0.29) is 11.8 Å². The average molecular weight is 214 g/mol. The molecule has 88 valence electrons. The molecule has 0 aromatic rings. The van der Waals surface area contributed by atoms with Crippen LogP contribution >= 0.6 is 0 Å². The zero-order chi connectivity index (χ0) is 11.7. The van der Waals surface area contributed by atoms with E-state index in [1.807, 2.05) is 20.8 Å². The molecule has 3 heteroatoms. The topological polar surface area (TPSA) is 43.4 Å². The van der Waals surface area contributed by atoms with E-state index in [4.69, 9.17) is 4.74 Å². The standard InChI is InChI=1S/C12H22O3/c1-4-7-10(11(13)8-5-2)12(14)15-9-6-3/h10H,4-9H2,1-3H3. The minimum Gasteiger partial charge on any atom is -0.465 e. The molecule has 3 nitrogen and oxygen atoms in total. The highest BCUT2D eigenvalue weighted by atomic mass is 16.5. The van der Waals surface area contributed by atoms with E-state index >= 15 is 0 Å². The molecule has 0 rings (SSSR count). The van der Waals surface area contributed by atoms with Gasteiger partial charge in [0.2, 0.25) is 0 Å². The zero-order valence-electron chi connectivity index (χ0n) is 10.0. The maximum atomic E-state index is 11.6. The molecule has 0 saturated heterocycles. The molecule has 1 atom stereocenters. The lowest BCUT2D eigenvalue weighted by Gasteiger charge is -2.13. The lowest BCUT2D eigenvalue weighted by atomic mass is 9.96. The first kappa shape index (κ1) is 14.1. The van der Waals surface area contributed by atoms with Crippen LogP contribution in [-0.2, 0) is 14.3 Å². The smallest absolute Gasteiger partial charge is 0.316 e. The summed E-state index contributed by atoms with van der Waals surface area (Å²) in [7, 11) is 0. The summed E-state index contributed by atoms with van der Waals surface area (Å²) in [5, 5.41) is 0. The first-order chi connectivity index (χ1) is 7.17. The Hall–Kier alpha value is -0.860. The van der Waals surface area contributed by atoms with E-state index in [2.05, 4.69) is 0 Å². The molecule has 0 spiro atoms. The fraction of sp³-hybridized carbons (Fsp3) is 0.833. The summed E-state index contributed by atoms with van der Waals surface area (Å²) in [6, 6.07) is 0. The van der Waals surface area contributed by atoms with Crippen molar-refractivity contribution in [1.82, 2.24) is 0 Å². The normalized spacial score (nSPS) is 12.2. The van der Waals surface area contributed by atoms with E-state index < -0.39 is 5.92 Å². The molecule has 0 aliphatic carbocycles. The van der Waals surface area contributed by atoms with Gasteiger partial charge in [-0.1, -0.05) is 27.2 Å². The molecule has 0 fully saturated rings. The van der Waals surface area contributed by atoms with Gasteiger partial charge in [-0.05, 0) is 19.3 Å². The Bertz CT molecular complexity index is 199. The molecule has 15 heavy (non-hydrogen) atoms. The molecule has 0 N–H and O–H groups in total. The number of ether oxygens (including phenoxy) is 1. The predicted molar refractivity (Wildman–Crippen MR) is 59.6 cm³/mol. The molecule has 0 amide bonds. The van der Waals surface area contributed by atoms with Gasteiger partial charge < -0.3 is 4.74 Å². The van der Waals surface area contributed by atoms with Crippen LogP contribution in [0.1, 0.15) is 52.9 Å². The lowest BCUT2D eigenvalue weighted by Crippen LogP contribution is -2.26. The molecule has 0 aromatic carbocycles. The van der Waals surface area contributed by atoms with Crippen LogP contribution < -0.4 is 0 Å². The number of hydrogen-bond donors (Lipinski definition) is 0. The van der Waals surface area contributed by atoms with Gasteiger partial charge in [0.15, 0.2) is 0 Å². The third-order valence-corrected chi connectivity index (χ3v) is 2.20. The van der Waals surface area contributed by atoms with Crippen LogP contribution in [0.2, 0.25) is 0 Å². The first-order valence-electron chi connectivity index (χ1n) is 5.86. The minimum atomic E-state index is -0.526. The van der Waals surface area contributed by atoms with Gasteiger partial charge in [0, 0.05) is 6.42 Å². The number of ketones is 1. The summed E-state index contributed by atoms with van der Waals surface area (Å²) < 4.78 is 5.01. The van der Waals surface area contributed by atoms with Gasteiger partial charge in [-0.15, -0.1) is 0 Å². The molecular weight excluding hydrogens is 192 g/mol. The lowest BCUT2D eigenvalue weighted by molar-refractivity contribution is -0.152. The van der Waals surface area contributed by atoms with Crippen LogP contribution in [0, 0.1) is 5.92 Å². The highest BCUT2D eigenvalue weighted by molar-refractivity contribution is 5.98. The molecule has 0 bridgehead atoms. The second kappa shape index (κ2) is 8.45. The molecule has 0 heterocycles. The summed E-state index contributed by atoms with van der Waals surface area (Å²) in [5.41, 5.74) is 0. The van der Waals surface area contributed by atoms with E-state index in [9.17, 15) is 9.59 Å². The maximum absolute atomic E-state index is 11.6. The fourth-order valence-corrected chi connectivity index (χ4v) is 1.42. The molecule has 0 radical (unpaired) electrons. The second-order valence-electron chi connectivity index (χ2n) is 3.73. The van der Waals surface area contributed by atoms with E-state index in [1.54, 1.807) is 0 Å². The number of carbonyl (C=O) groups is 2. The Morgan fingerprint density at radius 2 is 1.73 bits per heavy atom. The van der Waals surface area contributed by atoms with Crippen LogP contribution in [0.3, 0.4) is 0 Å². The van der Waals surface area contributed by atoms with Gasteiger partial charge in [-0.2, -0.15) is 0 Å². The predicted octanol–water partition coefficient (Wildman–Crippen LogP) is 2.73. The van der Waals surface area contributed by atoms with Crippen molar-refractivity contribution >= 4 is 11.8 Å². The minimum absolute atomic E-state index is 0.0282. The fourth-order valence-electron chi connectivity index (χ4n) is 1.42. The number of carbonyl (C=O) groups excluding carboxylic acids is 2. The van der Waals surface area contributed by atoms with Gasteiger partial charge in [-0.3, -0.25) is 9.59 Å². The number of esters is 1. The van der Waals surface area contributed by atoms with Crippen molar-refractivity contribution in [3.8, 4) is 0 Å². The molecule has 0 saturated carbocycles. The van der Waals surface area contributed by atoms with Gasteiger partial charge in [0.1, 0.15) is 11.7 Å². The quantitative estimate of drug-likeness (QED) is 0.461. The maximum Gasteiger partial charge on any atom is 0.316 e. The van der Waals surface area contributed by atoms with E-state index in [1.165, 1.54) is 0 Å². The highest BCUT2D eigenvalue weighted by Crippen LogP contribution is 2.13. The van der Waals surface area contributed by atoms with Crippen LogP contribution in [0.4, 0.5) is 0 Å². The number of Topliss-reactive ketones (excluding diaryl/α,β-unsaturated/α-hetero) is 1. The van der Waals surface area contributed by atoms with E-state index in [0.717, 1.165) is 19.3 Å². The Morgan fingerprint density at radius 3 is 2.20 bits per heavy atom. The largest absolute Gasteiger partial charge is 0.465 e. The van der Waals surface area contributed by atoms with Gasteiger partial charge >= 0.3 is 5.97 Å². The summed E-state index contributed by atoms with van der Waals surface area (Å²) in [6.45, 7) is 6.27. The van der Waals surface area contributed by atoms with Crippen LogP contribution in [-0.4, -0.2) is 18.4 Å². The van der Waals surface area contributed by atoms with Gasteiger partial charge in [0.25, 0.3) is 0 Å². The van der Waals surface area contributed by atoms with Gasteiger partial charge in [0.05, 0.1) is 6.61 Å². The molecular formula is C12H22O3. The second-order valence-corrected chi connectivity index (χ2v) is 3.73. The Balaban J connectivity index is 4.23. The van der Waals surface area contributed by atoms with Crippen molar-refractivity contribution in [1.29, 1.82) is 0 Å². The number of rotatable bonds is 8. The summed E-state index contributed by atoms with van der Waals surface area (Å²) in [6.07, 6.45) is 3.52. The summed E-state index contributed by atoms with van der Waals surface area (Å²) in [5.74, 6) is -0.834. The van der Waals surface area contributed by atoms with Crippen molar-refractivity contribution in [2.75, 3.05) is 6.61 Å². The van der Waals surface area contributed by atoms with Crippen LogP contribution in [0.5, 0.6) is 0 Å². The molecule has 0 aliphatic rings. The van der Waals surface area contributed by atoms with Crippen molar-refractivity contribution in [3.63, 3.8) is 0 Å². The Kier molecular flexibility index (Phi) is 7.96. The SMILES string of the molecule is CCCOC(=O)C(CCC)C(=O)CCC. The Morgan fingerprint density at radius 1 is 1.07 bits per heavy atom.